The van der Waals surface area contributed by atoms with Gasteiger partial charge in [0.25, 0.3) is 0 Å². The van der Waals surface area contributed by atoms with E-state index in [-0.39, 0.29) is 0 Å². The molecule has 1 unspecified atom stereocenters. The van der Waals surface area contributed by atoms with E-state index < -0.39 is 11.2 Å². The van der Waals surface area contributed by atoms with Crippen LogP contribution < -0.4 is 4.74 Å². The van der Waals surface area contributed by atoms with Crippen molar-refractivity contribution in [1.29, 1.82) is 0 Å². The maximum absolute atomic E-state index is 6.18. The highest BCUT2D eigenvalue weighted by Crippen LogP contribution is 2.50. The van der Waals surface area contributed by atoms with Crippen molar-refractivity contribution in [3.8, 4) is 5.75 Å². The van der Waals surface area contributed by atoms with E-state index in [1.807, 2.05) is 62.4 Å². The molecule has 3 rings (SSSR count). The van der Waals surface area contributed by atoms with Crippen LogP contribution in [0.5, 0.6) is 5.75 Å². The number of hydrogen-bond acceptors (Lipinski definition) is 2. The van der Waals surface area contributed by atoms with Crippen LogP contribution in [-0.4, -0.2) is 12.2 Å². The van der Waals surface area contributed by atoms with E-state index in [0.717, 1.165) is 5.56 Å². The van der Waals surface area contributed by atoms with Gasteiger partial charge in [0.05, 0.1) is 11.6 Å². The van der Waals surface area contributed by atoms with Gasteiger partial charge in [-0.3, -0.25) is 0 Å². The summed E-state index contributed by atoms with van der Waals surface area (Å²) in [5.41, 5.74) is 0.0479. The van der Waals surface area contributed by atoms with E-state index in [9.17, 15) is 0 Å². The summed E-state index contributed by atoms with van der Waals surface area (Å²) in [6, 6.07) is 15.2. The van der Waals surface area contributed by atoms with Gasteiger partial charge in [-0.2, -0.15) is 0 Å². The molecule has 0 bridgehead atoms. The van der Waals surface area contributed by atoms with Gasteiger partial charge in [-0.25, -0.2) is 0 Å². The molecule has 1 aliphatic rings. The van der Waals surface area contributed by atoms with Crippen LogP contribution >= 0.6 is 23.2 Å². The van der Waals surface area contributed by atoms with Crippen LogP contribution in [-0.2, 0) is 10.3 Å². The summed E-state index contributed by atoms with van der Waals surface area (Å²) in [5.74, 6) is 0.660. The summed E-state index contributed by atoms with van der Waals surface area (Å²) in [5, 5.41) is 1.30. The lowest BCUT2D eigenvalue weighted by molar-refractivity contribution is 0.0154. The molecule has 1 aliphatic heterocycles. The van der Waals surface area contributed by atoms with Gasteiger partial charge in [0.15, 0.2) is 5.60 Å². The Kier molecular flexibility index (Phi) is 3.64. The van der Waals surface area contributed by atoms with Crippen molar-refractivity contribution < 1.29 is 9.47 Å². The fraction of sp³-hybridized carbons (Fsp3) is 0.294. The third-order valence-corrected chi connectivity index (χ3v) is 4.48. The Balaban J connectivity index is 1.91. The predicted molar refractivity (Wildman–Crippen MR) is 85.2 cm³/mol. The quantitative estimate of drug-likeness (QED) is 0.732. The minimum Gasteiger partial charge on any atom is -0.483 e. The fourth-order valence-corrected chi connectivity index (χ4v) is 2.84. The van der Waals surface area contributed by atoms with Crippen LogP contribution in [0.15, 0.2) is 48.5 Å². The predicted octanol–water partition coefficient (Wildman–Crippen LogP) is 5.08. The molecule has 1 heterocycles. The lowest BCUT2D eigenvalue weighted by atomic mass is 9.84. The van der Waals surface area contributed by atoms with Gasteiger partial charge in [-0.05, 0) is 43.7 Å². The highest BCUT2D eigenvalue weighted by atomic mass is 35.5. The Morgan fingerprint density at radius 1 is 1.05 bits per heavy atom. The summed E-state index contributed by atoms with van der Waals surface area (Å²) in [6.45, 7) is 4.64. The lowest BCUT2D eigenvalue weighted by Gasteiger charge is -2.33. The van der Waals surface area contributed by atoms with Crippen molar-refractivity contribution in [3.63, 3.8) is 0 Å². The molecule has 1 atom stereocenters. The zero-order chi connectivity index (χ0) is 15.1. The first-order valence-electron chi connectivity index (χ1n) is 6.78. The van der Waals surface area contributed by atoms with Crippen molar-refractivity contribution >= 4 is 23.2 Å². The van der Waals surface area contributed by atoms with Gasteiger partial charge in [0, 0.05) is 5.02 Å². The highest BCUT2D eigenvalue weighted by molar-refractivity contribution is 6.32. The maximum atomic E-state index is 6.18. The van der Waals surface area contributed by atoms with Crippen LogP contribution in [0.1, 0.15) is 19.4 Å². The molecule has 2 aromatic carbocycles. The molecule has 4 heteroatoms. The summed E-state index contributed by atoms with van der Waals surface area (Å²) in [7, 11) is 0. The van der Waals surface area contributed by atoms with E-state index in [4.69, 9.17) is 32.7 Å². The molecule has 2 aromatic rings. The Hall–Kier alpha value is -1.22. The molecule has 1 saturated heterocycles. The van der Waals surface area contributed by atoms with Crippen LogP contribution in [0.25, 0.3) is 0 Å². The Labute approximate surface area is 134 Å². The Morgan fingerprint density at radius 2 is 1.67 bits per heavy atom. The van der Waals surface area contributed by atoms with E-state index in [2.05, 4.69) is 0 Å². The van der Waals surface area contributed by atoms with Crippen molar-refractivity contribution in [2.75, 3.05) is 6.61 Å². The third-order valence-electron chi connectivity index (χ3n) is 3.92. The Morgan fingerprint density at radius 3 is 2.24 bits per heavy atom. The number of rotatable bonds is 4. The van der Waals surface area contributed by atoms with Gasteiger partial charge in [0.2, 0.25) is 0 Å². The van der Waals surface area contributed by atoms with Gasteiger partial charge >= 0.3 is 0 Å². The zero-order valence-corrected chi connectivity index (χ0v) is 13.4. The molecule has 0 aromatic heterocycles. The summed E-state index contributed by atoms with van der Waals surface area (Å²) in [6.07, 6.45) is 0. The number of epoxide rings is 1. The van der Waals surface area contributed by atoms with E-state index in [1.54, 1.807) is 0 Å². The van der Waals surface area contributed by atoms with Gasteiger partial charge in [-0.1, -0.05) is 47.5 Å². The SMILES string of the molecule is CC(C)(Oc1ccccc1Cl)C1(c2ccc(Cl)cc2)CO1. The van der Waals surface area contributed by atoms with Crippen molar-refractivity contribution in [3.05, 3.63) is 64.1 Å². The smallest absolute Gasteiger partial charge is 0.155 e. The molecular formula is C17H16Cl2O2. The first-order valence-corrected chi connectivity index (χ1v) is 7.54. The van der Waals surface area contributed by atoms with Crippen molar-refractivity contribution in [1.82, 2.24) is 0 Å². The summed E-state index contributed by atoms with van der Waals surface area (Å²) < 4.78 is 11.9. The molecule has 2 nitrogen and oxygen atoms in total. The van der Waals surface area contributed by atoms with E-state index in [1.165, 1.54) is 0 Å². The van der Waals surface area contributed by atoms with Crippen molar-refractivity contribution in [2.45, 2.75) is 25.0 Å². The first kappa shape index (κ1) is 14.7. The minimum atomic E-state index is -0.550. The Bertz CT molecular complexity index is 646. The molecular weight excluding hydrogens is 307 g/mol. The summed E-state index contributed by atoms with van der Waals surface area (Å²) >= 11 is 12.1. The van der Waals surface area contributed by atoms with Crippen LogP contribution in [0.2, 0.25) is 10.0 Å². The van der Waals surface area contributed by atoms with E-state index in [0.29, 0.717) is 22.4 Å². The molecule has 110 valence electrons. The normalized spacial score (nSPS) is 21.1. The number of halogens is 2. The standard InChI is InChI=1S/C17H16Cl2O2/c1-16(2,21-15-6-4-3-5-14(15)19)17(11-20-17)12-7-9-13(18)10-8-12/h3-10H,11H2,1-2H3. The topological polar surface area (TPSA) is 21.8 Å². The third kappa shape index (κ3) is 2.64. The molecule has 1 fully saturated rings. The molecule has 0 saturated carbocycles. The second kappa shape index (κ2) is 5.20. The molecule has 0 N–H and O–H groups in total. The van der Waals surface area contributed by atoms with Gasteiger partial charge in [-0.15, -0.1) is 0 Å². The number of ether oxygens (including phenoxy) is 2. The van der Waals surface area contributed by atoms with Crippen LogP contribution in [0.4, 0.5) is 0 Å². The molecule has 0 radical (unpaired) electrons. The molecule has 0 spiro atoms. The number of hydrogen-bond donors (Lipinski definition) is 0. The second-order valence-corrected chi connectivity index (χ2v) is 6.51. The highest BCUT2D eigenvalue weighted by Gasteiger charge is 2.60. The maximum Gasteiger partial charge on any atom is 0.155 e. The lowest BCUT2D eigenvalue weighted by Crippen LogP contribution is -2.43. The van der Waals surface area contributed by atoms with Crippen LogP contribution in [0, 0.1) is 0 Å². The average molecular weight is 323 g/mol. The molecule has 0 aliphatic carbocycles. The zero-order valence-electron chi connectivity index (χ0n) is 11.9. The average Bonchev–Trinajstić information content (AvgIpc) is 3.24. The summed E-state index contributed by atoms with van der Waals surface area (Å²) in [4.78, 5) is 0. The minimum absolute atomic E-state index is 0.462. The fourth-order valence-electron chi connectivity index (χ4n) is 2.54. The number of benzene rings is 2. The first-order chi connectivity index (χ1) is 9.95. The van der Waals surface area contributed by atoms with Gasteiger partial charge in [0.1, 0.15) is 11.4 Å². The van der Waals surface area contributed by atoms with Crippen molar-refractivity contribution in [2.24, 2.45) is 0 Å². The van der Waals surface area contributed by atoms with Crippen LogP contribution in [0.3, 0.4) is 0 Å². The number of para-hydroxylation sites is 1. The largest absolute Gasteiger partial charge is 0.483 e. The monoisotopic (exact) mass is 322 g/mol. The second-order valence-electron chi connectivity index (χ2n) is 5.67. The molecule has 21 heavy (non-hydrogen) atoms. The molecule has 0 amide bonds. The van der Waals surface area contributed by atoms with Gasteiger partial charge < -0.3 is 9.47 Å². The van der Waals surface area contributed by atoms with E-state index >= 15 is 0 Å².